The van der Waals surface area contributed by atoms with Crippen LogP contribution in [-0.4, -0.2) is 47.8 Å². The molecule has 0 aromatic heterocycles. The van der Waals surface area contributed by atoms with Crippen LogP contribution in [0.5, 0.6) is 11.5 Å². The van der Waals surface area contributed by atoms with Gasteiger partial charge in [0.1, 0.15) is 13.2 Å². The predicted molar refractivity (Wildman–Crippen MR) is 130 cm³/mol. The van der Waals surface area contributed by atoms with E-state index in [4.69, 9.17) is 9.47 Å². The first-order valence-corrected chi connectivity index (χ1v) is 12.0. The minimum Gasteiger partial charge on any atom is -0.486 e. The second-order valence-corrected chi connectivity index (χ2v) is 9.20. The number of methoxy groups -OCH3 is 1. The molecule has 2 amide bonds. The van der Waals surface area contributed by atoms with Gasteiger partial charge < -0.3 is 19.5 Å². The lowest BCUT2D eigenvalue weighted by Crippen LogP contribution is -2.25. The van der Waals surface area contributed by atoms with E-state index in [-0.39, 0.29) is 16.1 Å². The summed E-state index contributed by atoms with van der Waals surface area (Å²) >= 11 is 0. The fourth-order valence-electron chi connectivity index (χ4n) is 3.34. The van der Waals surface area contributed by atoms with Crippen LogP contribution >= 0.6 is 0 Å². The molecule has 1 aliphatic heterocycles. The molecule has 2 N–H and O–H groups in total. The molecule has 11 heteroatoms. The van der Waals surface area contributed by atoms with Crippen molar-refractivity contribution in [2.75, 3.05) is 42.3 Å². The largest absolute Gasteiger partial charge is 0.486 e. The van der Waals surface area contributed by atoms with Crippen molar-refractivity contribution in [2.24, 2.45) is 0 Å². The van der Waals surface area contributed by atoms with E-state index in [1.54, 1.807) is 55.6 Å². The molecule has 0 atom stereocenters. The van der Waals surface area contributed by atoms with Crippen molar-refractivity contribution in [2.45, 2.75) is 4.90 Å². The van der Waals surface area contributed by atoms with Gasteiger partial charge in [0, 0.05) is 35.7 Å². The van der Waals surface area contributed by atoms with Gasteiger partial charge in [0.25, 0.3) is 15.9 Å². The van der Waals surface area contributed by atoms with Crippen LogP contribution in [-0.2, 0) is 14.8 Å². The number of anilines is 3. The number of hydrogen-bond donors (Lipinski definition) is 2. The number of fused-ring (bicyclic) bond motifs is 1. The minimum absolute atomic E-state index is 0.00798. The Morgan fingerprint density at radius 1 is 0.914 bits per heavy atom. The quantitative estimate of drug-likeness (QED) is 0.532. The average molecular weight is 498 g/mol. The van der Waals surface area contributed by atoms with Crippen LogP contribution in [0.1, 0.15) is 10.4 Å². The number of benzene rings is 3. The Morgan fingerprint density at radius 2 is 1.63 bits per heavy atom. The van der Waals surface area contributed by atoms with Crippen LogP contribution in [0.25, 0.3) is 0 Å². The fraction of sp³-hybridized carbons (Fsp3) is 0.167. The first-order valence-electron chi connectivity index (χ1n) is 10.5. The highest BCUT2D eigenvalue weighted by atomic mass is 32.2. The number of nitrogens with zero attached hydrogens (tertiary/aromatic N) is 1. The third kappa shape index (κ3) is 5.46. The molecule has 4 rings (SSSR count). The molecule has 0 spiro atoms. The van der Waals surface area contributed by atoms with E-state index in [2.05, 4.69) is 14.8 Å². The molecule has 1 aliphatic rings. The molecule has 0 saturated heterocycles. The van der Waals surface area contributed by atoms with Crippen molar-refractivity contribution in [3.8, 4) is 11.5 Å². The van der Waals surface area contributed by atoms with Gasteiger partial charge in [-0.2, -0.15) is 0 Å². The lowest BCUT2D eigenvalue weighted by Gasteiger charge is -2.19. The van der Waals surface area contributed by atoms with Crippen molar-refractivity contribution in [1.82, 2.24) is 0 Å². The molecule has 0 saturated carbocycles. The molecular formula is C24H23N3O7S. The number of carbonyl (C=O) groups is 2. The molecule has 10 nitrogen and oxygen atoms in total. The topological polar surface area (TPSA) is 123 Å². The number of amides is 2. The lowest BCUT2D eigenvalue weighted by atomic mass is 10.2. The third-order valence-electron chi connectivity index (χ3n) is 5.16. The molecule has 1 heterocycles. The van der Waals surface area contributed by atoms with Gasteiger partial charge >= 0.3 is 6.09 Å². The van der Waals surface area contributed by atoms with Crippen LogP contribution < -0.4 is 24.4 Å². The van der Waals surface area contributed by atoms with Gasteiger partial charge in [0.2, 0.25) is 0 Å². The van der Waals surface area contributed by atoms with E-state index in [0.717, 1.165) is 0 Å². The number of rotatable bonds is 6. The van der Waals surface area contributed by atoms with Gasteiger partial charge in [0.05, 0.1) is 12.0 Å². The Labute approximate surface area is 202 Å². The molecular weight excluding hydrogens is 474 g/mol. The third-order valence-corrected chi connectivity index (χ3v) is 6.54. The molecule has 35 heavy (non-hydrogen) atoms. The monoisotopic (exact) mass is 497 g/mol. The number of nitrogens with one attached hydrogen (secondary N) is 2. The number of hydrogen-bond acceptors (Lipinski definition) is 7. The SMILES string of the molecule is COC(=O)N(C)c1ccc(NC(=O)c2cccc(NS(=O)(=O)c3ccc4c(c3)OCCO4)c2)cc1. The second-order valence-electron chi connectivity index (χ2n) is 7.52. The van der Waals surface area contributed by atoms with E-state index >= 15 is 0 Å². The van der Waals surface area contributed by atoms with E-state index in [1.807, 2.05) is 0 Å². The van der Waals surface area contributed by atoms with E-state index in [1.165, 1.54) is 30.2 Å². The Hall–Kier alpha value is -4.25. The maximum absolute atomic E-state index is 12.9. The van der Waals surface area contributed by atoms with Gasteiger partial charge in [-0.3, -0.25) is 14.4 Å². The summed E-state index contributed by atoms with van der Waals surface area (Å²) in [5, 5.41) is 2.74. The summed E-state index contributed by atoms with van der Waals surface area (Å²) < 4.78 is 43.8. The highest BCUT2D eigenvalue weighted by molar-refractivity contribution is 7.92. The summed E-state index contributed by atoms with van der Waals surface area (Å²) in [6, 6.07) is 17.1. The molecule has 0 aliphatic carbocycles. The van der Waals surface area contributed by atoms with E-state index in [9.17, 15) is 18.0 Å². The highest BCUT2D eigenvalue weighted by Gasteiger charge is 2.20. The van der Waals surface area contributed by atoms with Gasteiger partial charge in [0.15, 0.2) is 11.5 Å². The molecule has 3 aromatic carbocycles. The van der Waals surface area contributed by atoms with E-state index < -0.39 is 22.0 Å². The van der Waals surface area contributed by atoms with Gasteiger partial charge in [-0.25, -0.2) is 13.2 Å². The normalized spacial score (nSPS) is 12.4. The zero-order chi connectivity index (χ0) is 25.0. The molecule has 0 radical (unpaired) electrons. The summed E-state index contributed by atoms with van der Waals surface area (Å²) in [6.45, 7) is 0.743. The fourth-order valence-corrected chi connectivity index (χ4v) is 4.41. The number of sulfonamides is 1. The van der Waals surface area contributed by atoms with Crippen LogP contribution in [0.3, 0.4) is 0 Å². The molecule has 0 unspecified atom stereocenters. The Balaban J connectivity index is 1.46. The Bertz CT molecular complexity index is 1360. The number of carbonyl (C=O) groups excluding carboxylic acids is 2. The standard InChI is InChI=1S/C24H23N3O7S/c1-27(24(29)32-2)19-8-6-17(7-9-19)25-23(28)16-4-3-5-18(14-16)26-35(30,31)20-10-11-21-22(15-20)34-13-12-33-21/h3-11,14-15,26H,12-13H2,1-2H3,(H,25,28). The van der Waals surface area contributed by atoms with Crippen LogP contribution in [0.4, 0.5) is 21.9 Å². The van der Waals surface area contributed by atoms with Crippen LogP contribution in [0, 0.1) is 0 Å². The van der Waals surface area contributed by atoms with Crippen LogP contribution in [0.15, 0.2) is 71.6 Å². The van der Waals surface area contributed by atoms with Gasteiger partial charge in [-0.05, 0) is 54.6 Å². The highest BCUT2D eigenvalue weighted by Crippen LogP contribution is 2.32. The maximum Gasteiger partial charge on any atom is 0.413 e. The van der Waals surface area contributed by atoms with E-state index in [0.29, 0.717) is 36.1 Å². The number of ether oxygens (including phenoxy) is 3. The lowest BCUT2D eigenvalue weighted by molar-refractivity contribution is 0.102. The molecule has 3 aromatic rings. The van der Waals surface area contributed by atoms with Crippen molar-refractivity contribution < 1.29 is 32.2 Å². The first-order chi connectivity index (χ1) is 16.8. The average Bonchev–Trinajstić information content (AvgIpc) is 2.87. The maximum atomic E-state index is 12.9. The van der Waals surface area contributed by atoms with Crippen molar-refractivity contribution in [3.05, 3.63) is 72.3 Å². The Kier molecular flexibility index (Phi) is 6.78. The van der Waals surface area contributed by atoms with Gasteiger partial charge in [-0.15, -0.1) is 0 Å². The summed E-state index contributed by atoms with van der Waals surface area (Å²) in [7, 11) is -1.07. The smallest absolute Gasteiger partial charge is 0.413 e. The zero-order valence-corrected chi connectivity index (χ0v) is 19.8. The van der Waals surface area contributed by atoms with Crippen molar-refractivity contribution >= 4 is 39.1 Å². The summed E-state index contributed by atoms with van der Waals surface area (Å²) in [5.41, 5.74) is 1.57. The minimum atomic E-state index is -3.93. The predicted octanol–water partition coefficient (Wildman–Crippen LogP) is 3.71. The van der Waals surface area contributed by atoms with Crippen molar-refractivity contribution in [1.29, 1.82) is 0 Å². The van der Waals surface area contributed by atoms with Crippen LogP contribution in [0.2, 0.25) is 0 Å². The summed E-state index contributed by atoms with van der Waals surface area (Å²) in [5.74, 6) is 0.411. The zero-order valence-electron chi connectivity index (χ0n) is 19.0. The first kappa shape index (κ1) is 23.9. The van der Waals surface area contributed by atoms with Crippen molar-refractivity contribution in [3.63, 3.8) is 0 Å². The Morgan fingerprint density at radius 3 is 2.34 bits per heavy atom. The molecule has 182 valence electrons. The molecule has 0 fully saturated rings. The second kappa shape index (κ2) is 9.94. The summed E-state index contributed by atoms with van der Waals surface area (Å²) in [4.78, 5) is 25.7. The molecule has 0 bridgehead atoms. The summed E-state index contributed by atoms with van der Waals surface area (Å²) in [6.07, 6.45) is -0.516. The van der Waals surface area contributed by atoms with Gasteiger partial charge in [-0.1, -0.05) is 6.07 Å².